The Morgan fingerprint density at radius 1 is 1.03 bits per heavy atom. The Bertz CT molecular complexity index is 1230. The molecule has 4 rings (SSSR count). The van der Waals surface area contributed by atoms with Gasteiger partial charge >= 0.3 is 0 Å². The average molecular weight is 448 g/mol. The second-order valence-electron chi connectivity index (χ2n) is 8.31. The maximum Gasteiger partial charge on any atom is 0.295 e. The first-order valence-corrected chi connectivity index (χ1v) is 11.0. The summed E-state index contributed by atoms with van der Waals surface area (Å²) in [7, 11) is 0. The minimum atomic E-state index is -1.02. The first-order chi connectivity index (χ1) is 15.9. The van der Waals surface area contributed by atoms with Gasteiger partial charge in [-0.1, -0.05) is 60.7 Å². The fourth-order valence-electron chi connectivity index (χ4n) is 4.26. The number of carbonyl (C=O) groups excluding carboxylic acids is 2. The van der Waals surface area contributed by atoms with E-state index in [-0.39, 0.29) is 29.5 Å². The SMILES string of the molecule is CC(C)OCCCN1C(=O)C(=O)/C(=C(/O)c2cccc3ccccc23)C1c1ccccc1F. The summed E-state index contributed by atoms with van der Waals surface area (Å²) in [4.78, 5) is 27.5. The van der Waals surface area contributed by atoms with Crippen LogP contribution in [-0.4, -0.2) is 41.0 Å². The average Bonchev–Trinajstić information content (AvgIpc) is 3.06. The lowest BCUT2D eigenvalue weighted by Gasteiger charge is -2.26. The maximum absolute atomic E-state index is 14.9. The third-order valence-electron chi connectivity index (χ3n) is 5.78. The molecule has 1 aliphatic heterocycles. The zero-order chi connectivity index (χ0) is 23.5. The molecule has 0 spiro atoms. The zero-order valence-corrected chi connectivity index (χ0v) is 18.6. The van der Waals surface area contributed by atoms with Gasteiger partial charge in [-0.05, 0) is 37.1 Å². The molecule has 1 amide bonds. The van der Waals surface area contributed by atoms with Crippen LogP contribution in [0.5, 0.6) is 0 Å². The number of halogens is 1. The van der Waals surface area contributed by atoms with Crippen LogP contribution in [0.4, 0.5) is 4.39 Å². The van der Waals surface area contributed by atoms with Crippen molar-refractivity contribution < 1.29 is 23.8 Å². The van der Waals surface area contributed by atoms with Crippen LogP contribution in [0, 0.1) is 5.82 Å². The molecule has 1 fully saturated rings. The second-order valence-corrected chi connectivity index (χ2v) is 8.31. The number of rotatable bonds is 7. The monoisotopic (exact) mass is 447 g/mol. The van der Waals surface area contributed by atoms with Crippen molar-refractivity contribution in [2.75, 3.05) is 13.2 Å². The predicted octanol–water partition coefficient (Wildman–Crippen LogP) is 5.22. The fourth-order valence-corrected chi connectivity index (χ4v) is 4.26. The minimum Gasteiger partial charge on any atom is -0.507 e. The number of Topliss-reactive ketones (excluding diaryl/α,β-unsaturated/α-hetero) is 1. The van der Waals surface area contributed by atoms with Gasteiger partial charge in [0, 0.05) is 24.3 Å². The number of ketones is 1. The van der Waals surface area contributed by atoms with Crippen LogP contribution in [-0.2, 0) is 14.3 Å². The Kier molecular flexibility index (Phi) is 6.56. The van der Waals surface area contributed by atoms with Crippen molar-refractivity contribution in [3.63, 3.8) is 0 Å². The van der Waals surface area contributed by atoms with Gasteiger partial charge < -0.3 is 14.7 Å². The van der Waals surface area contributed by atoms with Crippen LogP contribution >= 0.6 is 0 Å². The van der Waals surface area contributed by atoms with E-state index in [9.17, 15) is 19.1 Å². The molecule has 0 aromatic heterocycles. The van der Waals surface area contributed by atoms with Crippen LogP contribution in [0.15, 0.2) is 72.3 Å². The van der Waals surface area contributed by atoms with E-state index >= 15 is 0 Å². The van der Waals surface area contributed by atoms with Gasteiger partial charge in [0.2, 0.25) is 0 Å². The third-order valence-corrected chi connectivity index (χ3v) is 5.78. The van der Waals surface area contributed by atoms with Crippen molar-refractivity contribution in [1.29, 1.82) is 0 Å². The number of carbonyl (C=O) groups is 2. The zero-order valence-electron chi connectivity index (χ0n) is 18.6. The fraction of sp³-hybridized carbons (Fsp3) is 0.259. The molecule has 1 aliphatic rings. The van der Waals surface area contributed by atoms with E-state index in [1.807, 2.05) is 44.2 Å². The normalized spacial score (nSPS) is 17.9. The molecule has 0 saturated carbocycles. The molecular weight excluding hydrogens is 421 g/mol. The van der Waals surface area contributed by atoms with Gasteiger partial charge in [0.1, 0.15) is 11.6 Å². The van der Waals surface area contributed by atoms with Gasteiger partial charge in [0.25, 0.3) is 11.7 Å². The van der Waals surface area contributed by atoms with Gasteiger partial charge in [-0.25, -0.2) is 4.39 Å². The number of nitrogens with zero attached hydrogens (tertiary/aromatic N) is 1. The second kappa shape index (κ2) is 9.55. The van der Waals surface area contributed by atoms with Crippen LogP contribution in [0.3, 0.4) is 0 Å². The molecule has 1 heterocycles. The van der Waals surface area contributed by atoms with E-state index in [0.717, 1.165) is 10.8 Å². The van der Waals surface area contributed by atoms with Gasteiger partial charge in [-0.3, -0.25) is 9.59 Å². The molecule has 6 heteroatoms. The first-order valence-electron chi connectivity index (χ1n) is 11.0. The largest absolute Gasteiger partial charge is 0.507 e. The molecule has 33 heavy (non-hydrogen) atoms. The van der Waals surface area contributed by atoms with E-state index in [0.29, 0.717) is 18.6 Å². The molecule has 0 radical (unpaired) electrons. The van der Waals surface area contributed by atoms with E-state index < -0.39 is 23.5 Å². The molecule has 3 aromatic rings. The van der Waals surface area contributed by atoms with E-state index in [4.69, 9.17) is 4.74 Å². The number of hydrogen-bond donors (Lipinski definition) is 1. The summed E-state index contributed by atoms with van der Waals surface area (Å²) in [5, 5.41) is 12.9. The minimum absolute atomic E-state index is 0.0362. The highest BCUT2D eigenvalue weighted by Crippen LogP contribution is 2.41. The van der Waals surface area contributed by atoms with Crippen molar-refractivity contribution in [2.24, 2.45) is 0 Å². The Labute approximate surface area is 192 Å². The highest BCUT2D eigenvalue weighted by Gasteiger charge is 2.46. The molecule has 0 bridgehead atoms. The summed E-state index contributed by atoms with van der Waals surface area (Å²) in [5.41, 5.74) is 0.491. The van der Waals surface area contributed by atoms with Gasteiger partial charge in [-0.15, -0.1) is 0 Å². The standard InChI is InChI=1S/C27H26FNO4/c1-17(2)33-16-8-15-29-24(21-12-5-6-14-22(21)28)23(26(31)27(29)32)25(30)20-13-7-10-18-9-3-4-11-19(18)20/h3-7,9-14,17,24,30H,8,15-16H2,1-2H3/b25-23+. The molecule has 1 N–H and O–H groups in total. The summed E-state index contributed by atoms with van der Waals surface area (Å²) in [6.45, 7) is 4.42. The van der Waals surface area contributed by atoms with E-state index in [1.54, 1.807) is 30.3 Å². The van der Waals surface area contributed by atoms with E-state index in [1.165, 1.54) is 11.0 Å². The van der Waals surface area contributed by atoms with Crippen LogP contribution < -0.4 is 0 Å². The van der Waals surface area contributed by atoms with Crippen LogP contribution in [0.2, 0.25) is 0 Å². The highest BCUT2D eigenvalue weighted by molar-refractivity contribution is 6.46. The van der Waals surface area contributed by atoms with Gasteiger partial charge in [0.15, 0.2) is 0 Å². The topological polar surface area (TPSA) is 66.8 Å². The number of likely N-dealkylation sites (tertiary alicyclic amines) is 1. The van der Waals surface area contributed by atoms with E-state index in [2.05, 4.69) is 0 Å². The molecular formula is C27H26FNO4. The molecule has 1 atom stereocenters. The van der Waals surface area contributed by atoms with Crippen molar-refractivity contribution in [3.8, 4) is 0 Å². The lowest BCUT2D eigenvalue weighted by atomic mass is 9.93. The van der Waals surface area contributed by atoms with Crippen molar-refractivity contribution in [1.82, 2.24) is 4.90 Å². The lowest BCUT2D eigenvalue weighted by Crippen LogP contribution is -2.31. The summed E-state index contributed by atoms with van der Waals surface area (Å²) in [5.74, 6) is -2.43. The number of ether oxygens (including phenoxy) is 1. The molecule has 0 aliphatic carbocycles. The maximum atomic E-state index is 14.9. The Balaban J connectivity index is 1.83. The predicted molar refractivity (Wildman–Crippen MR) is 125 cm³/mol. The lowest BCUT2D eigenvalue weighted by molar-refractivity contribution is -0.140. The summed E-state index contributed by atoms with van der Waals surface area (Å²) in [6, 6.07) is 17.8. The smallest absolute Gasteiger partial charge is 0.295 e. The number of hydrogen-bond acceptors (Lipinski definition) is 4. The summed E-state index contributed by atoms with van der Waals surface area (Å²) >= 11 is 0. The number of aliphatic hydroxyl groups excluding tert-OH is 1. The molecule has 170 valence electrons. The van der Waals surface area contributed by atoms with Crippen LogP contribution in [0.1, 0.15) is 37.4 Å². The van der Waals surface area contributed by atoms with Crippen molar-refractivity contribution in [2.45, 2.75) is 32.4 Å². The first kappa shape index (κ1) is 22.7. The van der Waals surface area contributed by atoms with Crippen molar-refractivity contribution >= 4 is 28.2 Å². The molecule has 5 nitrogen and oxygen atoms in total. The Hall–Kier alpha value is -3.51. The highest BCUT2D eigenvalue weighted by atomic mass is 19.1. The third kappa shape index (κ3) is 4.39. The van der Waals surface area contributed by atoms with Crippen molar-refractivity contribution in [3.05, 3.63) is 89.2 Å². The molecule has 1 unspecified atom stereocenters. The Morgan fingerprint density at radius 2 is 1.73 bits per heavy atom. The van der Waals surface area contributed by atoms with Gasteiger partial charge in [0.05, 0.1) is 17.7 Å². The number of fused-ring (bicyclic) bond motifs is 1. The molecule has 3 aromatic carbocycles. The summed E-state index contributed by atoms with van der Waals surface area (Å²) in [6.07, 6.45) is 0.513. The Morgan fingerprint density at radius 3 is 2.48 bits per heavy atom. The molecule has 1 saturated heterocycles. The number of benzene rings is 3. The number of amides is 1. The van der Waals surface area contributed by atoms with Crippen LogP contribution in [0.25, 0.3) is 16.5 Å². The van der Waals surface area contributed by atoms with Gasteiger partial charge in [-0.2, -0.15) is 0 Å². The number of aliphatic hydroxyl groups is 1. The quantitative estimate of drug-likeness (QED) is 0.234. The summed E-state index contributed by atoms with van der Waals surface area (Å²) < 4.78 is 20.4.